The van der Waals surface area contributed by atoms with E-state index in [0.717, 1.165) is 30.4 Å². The Bertz CT molecular complexity index is 687. The van der Waals surface area contributed by atoms with Crippen molar-refractivity contribution in [2.45, 2.75) is 37.4 Å². The Morgan fingerprint density at radius 3 is 2.17 bits per heavy atom. The van der Waals surface area contributed by atoms with Gasteiger partial charge in [-0.25, -0.2) is 4.79 Å². The standard InChI is InChI=1S/C21H22N2O/c24-21(23-18-12-7-13-19(23)15-14-18)22-20(16-8-3-1-4-9-16)17-10-5-2-6-11-17/h1-12,18-20H,13-15H2,(H,22,24)/t18-,19-/m0/s1. The van der Waals surface area contributed by atoms with E-state index < -0.39 is 0 Å². The van der Waals surface area contributed by atoms with Crippen LogP contribution in [0.5, 0.6) is 0 Å². The lowest BCUT2D eigenvalue weighted by Crippen LogP contribution is -2.48. The van der Waals surface area contributed by atoms with Crippen molar-refractivity contribution < 1.29 is 4.79 Å². The second kappa shape index (κ2) is 6.52. The number of nitrogens with zero attached hydrogens (tertiary/aromatic N) is 1. The van der Waals surface area contributed by atoms with Gasteiger partial charge < -0.3 is 10.2 Å². The quantitative estimate of drug-likeness (QED) is 0.842. The van der Waals surface area contributed by atoms with Crippen LogP contribution in [0.4, 0.5) is 4.79 Å². The smallest absolute Gasteiger partial charge is 0.318 e. The van der Waals surface area contributed by atoms with Gasteiger partial charge in [-0.05, 0) is 30.4 Å². The zero-order chi connectivity index (χ0) is 16.4. The minimum absolute atomic E-state index is 0.0459. The molecular formula is C21H22N2O. The molecule has 2 atom stereocenters. The normalized spacial score (nSPS) is 22.0. The molecule has 1 fully saturated rings. The minimum atomic E-state index is -0.120. The molecule has 0 saturated carbocycles. The Labute approximate surface area is 143 Å². The van der Waals surface area contributed by atoms with Gasteiger partial charge in [0.1, 0.15) is 0 Å². The summed E-state index contributed by atoms with van der Waals surface area (Å²) in [6.45, 7) is 0. The summed E-state index contributed by atoms with van der Waals surface area (Å²) in [7, 11) is 0. The lowest BCUT2D eigenvalue weighted by molar-refractivity contribution is 0.176. The molecule has 2 amide bonds. The molecule has 24 heavy (non-hydrogen) atoms. The van der Waals surface area contributed by atoms with Crippen LogP contribution in [0.1, 0.15) is 36.4 Å². The van der Waals surface area contributed by atoms with E-state index in [1.807, 2.05) is 41.3 Å². The second-order valence-electron chi connectivity index (χ2n) is 6.57. The van der Waals surface area contributed by atoms with E-state index in [2.05, 4.69) is 41.7 Å². The molecule has 3 nitrogen and oxygen atoms in total. The Hall–Kier alpha value is -2.55. The van der Waals surface area contributed by atoms with E-state index in [1.165, 1.54) is 0 Å². The van der Waals surface area contributed by atoms with Crippen molar-refractivity contribution in [3.8, 4) is 0 Å². The fraction of sp³-hybridized carbons (Fsp3) is 0.286. The molecule has 2 aliphatic rings. The number of hydrogen-bond donors (Lipinski definition) is 1. The van der Waals surface area contributed by atoms with Gasteiger partial charge in [0.05, 0.1) is 12.1 Å². The molecule has 0 spiro atoms. The van der Waals surface area contributed by atoms with Gasteiger partial charge in [0.25, 0.3) is 0 Å². The summed E-state index contributed by atoms with van der Waals surface area (Å²) in [5.41, 5.74) is 2.22. The van der Waals surface area contributed by atoms with Crippen molar-refractivity contribution in [2.24, 2.45) is 0 Å². The van der Waals surface area contributed by atoms with Gasteiger partial charge in [-0.3, -0.25) is 0 Å². The molecule has 2 aliphatic heterocycles. The molecule has 1 saturated heterocycles. The van der Waals surface area contributed by atoms with Crippen LogP contribution >= 0.6 is 0 Å². The van der Waals surface area contributed by atoms with Gasteiger partial charge in [-0.2, -0.15) is 0 Å². The van der Waals surface area contributed by atoms with Gasteiger partial charge in [0.15, 0.2) is 0 Å². The van der Waals surface area contributed by atoms with Gasteiger partial charge in [-0.15, -0.1) is 0 Å². The predicted octanol–water partition coefficient (Wildman–Crippen LogP) is 4.28. The Morgan fingerprint density at radius 1 is 0.958 bits per heavy atom. The third-order valence-electron chi connectivity index (χ3n) is 5.08. The zero-order valence-corrected chi connectivity index (χ0v) is 13.6. The van der Waals surface area contributed by atoms with Crippen LogP contribution in [-0.2, 0) is 0 Å². The average Bonchev–Trinajstić information content (AvgIpc) is 2.90. The number of carbonyl (C=O) groups is 1. The van der Waals surface area contributed by atoms with Gasteiger partial charge in [-0.1, -0.05) is 72.8 Å². The highest BCUT2D eigenvalue weighted by atomic mass is 16.2. The van der Waals surface area contributed by atoms with Crippen molar-refractivity contribution in [3.05, 3.63) is 83.9 Å². The SMILES string of the molecule is O=C(NC(c1ccccc1)c1ccccc1)N1[C@H]2CC=C[C@H]1CC2. The summed E-state index contributed by atoms with van der Waals surface area (Å²) in [5.74, 6) is 0. The number of benzene rings is 2. The fourth-order valence-electron chi connectivity index (χ4n) is 3.89. The molecule has 0 aliphatic carbocycles. The molecule has 2 aromatic carbocycles. The van der Waals surface area contributed by atoms with Gasteiger partial charge in [0, 0.05) is 6.04 Å². The van der Waals surface area contributed by atoms with E-state index in [-0.39, 0.29) is 18.1 Å². The highest BCUT2D eigenvalue weighted by Gasteiger charge is 2.37. The Kier molecular flexibility index (Phi) is 4.08. The highest BCUT2D eigenvalue weighted by molar-refractivity contribution is 5.77. The van der Waals surface area contributed by atoms with E-state index in [9.17, 15) is 4.79 Å². The Balaban J connectivity index is 1.61. The first kappa shape index (κ1) is 15.0. The van der Waals surface area contributed by atoms with Crippen LogP contribution in [0.3, 0.4) is 0 Å². The molecule has 0 radical (unpaired) electrons. The third kappa shape index (κ3) is 2.82. The minimum Gasteiger partial charge on any atom is -0.327 e. The van der Waals surface area contributed by atoms with Crippen molar-refractivity contribution in [3.63, 3.8) is 0 Å². The third-order valence-corrected chi connectivity index (χ3v) is 5.08. The summed E-state index contributed by atoms with van der Waals surface area (Å²) in [5, 5.41) is 3.27. The molecule has 0 unspecified atom stereocenters. The summed E-state index contributed by atoms with van der Waals surface area (Å²) in [6.07, 6.45) is 7.56. The monoisotopic (exact) mass is 318 g/mol. The summed E-state index contributed by atoms with van der Waals surface area (Å²) >= 11 is 0. The van der Waals surface area contributed by atoms with Crippen molar-refractivity contribution in [1.82, 2.24) is 10.2 Å². The molecule has 4 rings (SSSR count). The van der Waals surface area contributed by atoms with E-state index in [0.29, 0.717) is 6.04 Å². The lowest BCUT2D eigenvalue weighted by Gasteiger charge is -2.33. The van der Waals surface area contributed by atoms with Crippen molar-refractivity contribution in [1.29, 1.82) is 0 Å². The first-order valence-corrected chi connectivity index (χ1v) is 8.68. The lowest BCUT2D eigenvalue weighted by atomic mass is 9.99. The number of nitrogens with one attached hydrogen (secondary N) is 1. The molecule has 0 aromatic heterocycles. The number of urea groups is 1. The summed E-state index contributed by atoms with van der Waals surface area (Å²) in [4.78, 5) is 15.0. The maximum absolute atomic E-state index is 13.0. The van der Waals surface area contributed by atoms with E-state index >= 15 is 0 Å². The molecule has 1 N–H and O–H groups in total. The molecular weight excluding hydrogens is 296 g/mol. The van der Waals surface area contributed by atoms with Crippen LogP contribution in [-0.4, -0.2) is 23.0 Å². The van der Waals surface area contributed by atoms with Gasteiger partial charge in [0.2, 0.25) is 0 Å². The zero-order valence-electron chi connectivity index (χ0n) is 13.6. The van der Waals surface area contributed by atoms with Crippen LogP contribution in [0.25, 0.3) is 0 Å². The molecule has 2 bridgehead atoms. The second-order valence-corrected chi connectivity index (χ2v) is 6.57. The molecule has 2 heterocycles. The molecule has 2 aromatic rings. The van der Waals surface area contributed by atoms with Crippen molar-refractivity contribution >= 4 is 6.03 Å². The topological polar surface area (TPSA) is 32.3 Å². The highest BCUT2D eigenvalue weighted by Crippen LogP contribution is 2.32. The first-order chi connectivity index (χ1) is 11.8. The van der Waals surface area contributed by atoms with Crippen molar-refractivity contribution in [2.75, 3.05) is 0 Å². The van der Waals surface area contributed by atoms with Crippen LogP contribution in [0, 0.1) is 0 Å². The van der Waals surface area contributed by atoms with Crippen LogP contribution in [0.2, 0.25) is 0 Å². The predicted molar refractivity (Wildman–Crippen MR) is 95.7 cm³/mol. The molecule has 3 heteroatoms. The maximum Gasteiger partial charge on any atom is 0.318 e. The average molecular weight is 318 g/mol. The number of fused-ring (bicyclic) bond motifs is 2. The van der Waals surface area contributed by atoms with E-state index in [4.69, 9.17) is 0 Å². The largest absolute Gasteiger partial charge is 0.327 e. The van der Waals surface area contributed by atoms with Gasteiger partial charge >= 0.3 is 6.03 Å². The summed E-state index contributed by atoms with van der Waals surface area (Å²) in [6, 6.07) is 20.9. The number of amides is 2. The number of carbonyl (C=O) groups excluding carboxylic acids is 1. The van der Waals surface area contributed by atoms with E-state index in [1.54, 1.807) is 0 Å². The maximum atomic E-state index is 13.0. The number of hydrogen-bond acceptors (Lipinski definition) is 1. The summed E-state index contributed by atoms with van der Waals surface area (Å²) < 4.78 is 0. The fourth-order valence-corrected chi connectivity index (χ4v) is 3.89. The van der Waals surface area contributed by atoms with Crippen LogP contribution in [0.15, 0.2) is 72.8 Å². The van der Waals surface area contributed by atoms with Crippen LogP contribution < -0.4 is 5.32 Å². The number of rotatable bonds is 3. The Morgan fingerprint density at radius 2 is 1.58 bits per heavy atom. The first-order valence-electron chi connectivity index (χ1n) is 8.68. The molecule has 122 valence electrons.